The van der Waals surface area contributed by atoms with Gasteiger partial charge in [-0.05, 0) is 60.0 Å². The Kier molecular flexibility index (Phi) is 7.16. The van der Waals surface area contributed by atoms with Gasteiger partial charge in [0.25, 0.3) is 0 Å². The van der Waals surface area contributed by atoms with E-state index in [9.17, 15) is 9.59 Å². The predicted molar refractivity (Wildman–Crippen MR) is 117 cm³/mol. The molecule has 6 heteroatoms. The molecule has 0 saturated heterocycles. The number of carbonyl (C=O) groups excluding carboxylic acids is 2. The number of ether oxygens (including phenoxy) is 2. The van der Waals surface area contributed by atoms with Gasteiger partial charge < -0.3 is 9.47 Å². The van der Waals surface area contributed by atoms with Crippen molar-refractivity contribution in [3.63, 3.8) is 0 Å². The lowest BCUT2D eigenvalue weighted by Gasteiger charge is -2.09. The SMILES string of the molecule is CC(C)OC(=O)COc1ccc(/C=N\NC(=O)Cc2cccc3ccccc23)cc1. The summed E-state index contributed by atoms with van der Waals surface area (Å²) in [5, 5.41) is 6.18. The maximum Gasteiger partial charge on any atom is 0.344 e. The smallest absolute Gasteiger partial charge is 0.344 e. The molecule has 3 aromatic rings. The van der Waals surface area contributed by atoms with Gasteiger partial charge in [-0.2, -0.15) is 5.10 Å². The van der Waals surface area contributed by atoms with E-state index < -0.39 is 5.97 Å². The summed E-state index contributed by atoms with van der Waals surface area (Å²) >= 11 is 0. The van der Waals surface area contributed by atoms with Crippen LogP contribution in [0.5, 0.6) is 5.75 Å². The maximum absolute atomic E-state index is 12.2. The number of hydrogen-bond acceptors (Lipinski definition) is 5. The lowest BCUT2D eigenvalue weighted by Crippen LogP contribution is -2.19. The first kappa shape index (κ1) is 21.0. The molecule has 6 nitrogen and oxygen atoms in total. The third-order valence-corrected chi connectivity index (χ3v) is 4.24. The van der Waals surface area contributed by atoms with E-state index in [4.69, 9.17) is 9.47 Å². The first-order valence-electron chi connectivity index (χ1n) is 9.72. The number of benzene rings is 3. The van der Waals surface area contributed by atoms with Crippen LogP contribution in [0.25, 0.3) is 10.8 Å². The van der Waals surface area contributed by atoms with Crippen molar-refractivity contribution in [2.45, 2.75) is 26.4 Å². The molecule has 0 aliphatic carbocycles. The highest BCUT2D eigenvalue weighted by atomic mass is 16.6. The van der Waals surface area contributed by atoms with Gasteiger partial charge in [-0.1, -0.05) is 42.5 Å². The minimum absolute atomic E-state index is 0.143. The number of hydrazone groups is 1. The molecule has 1 amide bonds. The van der Waals surface area contributed by atoms with Crippen LogP contribution in [0.15, 0.2) is 71.8 Å². The van der Waals surface area contributed by atoms with Crippen LogP contribution in [-0.2, 0) is 20.7 Å². The van der Waals surface area contributed by atoms with Crippen molar-refractivity contribution >= 4 is 28.9 Å². The lowest BCUT2D eigenvalue weighted by molar-refractivity contribution is -0.149. The van der Waals surface area contributed by atoms with Gasteiger partial charge >= 0.3 is 5.97 Å². The van der Waals surface area contributed by atoms with Crippen LogP contribution in [0.1, 0.15) is 25.0 Å². The van der Waals surface area contributed by atoms with E-state index in [1.54, 1.807) is 44.3 Å². The van der Waals surface area contributed by atoms with Crippen LogP contribution < -0.4 is 10.2 Å². The first-order chi connectivity index (χ1) is 14.5. The Morgan fingerprint density at radius 3 is 2.50 bits per heavy atom. The fourth-order valence-electron chi connectivity index (χ4n) is 2.93. The second-order valence-corrected chi connectivity index (χ2v) is 7.00. The second-order valence-electron chi connectivity index (χ2n) is 7.00. The van der Waals surface area contributed by atoms with Crippen molar-refractivity contribution in [3.8, 4) is 5.75 Å². The van der Waals surface area contributed by atoms with E-state index in [1.165, 1.54) is 0 Å². The predicted octanol–water partition coefficient (Wildman–Crippen LogP) is 3.86. The molecular formula is C24H24N2O4. The highest BCUT2D eigenvalue weighted by Crippen LogP contribution is 2.18. The van der Waals surface area contributed by atoms with Crippen LogP contribution in [0.4, 0.5) is 0 Å². The number of carbonyl (C=O) groups is 2. The summed E-state index contributed by atoms with van der Waals surface area (Å²) in [6.45, 7) is 3.43. The number of amides is 1. The lowest BCUT2D eigenvalue weighted by atomic mass is 10.0. The Morgan fingerprint density at radius 1 is 1.00 bits per heavy atom. The van der Waals surface area contributed by atoms with Crippen LogP contribution in [-0.4, -0.2) is 30.8 Å². The first-order valence-corrected chi connectivity index (χ1v) is 9.72. The Balaban J connectivity index is 1.50. The summed E-state index contributed by atoms with van der Waals surface area (Å²) in [5.41, 5.74) is 4.30. The van der Waals surface area contributed by atoms with Gasteiger partial charge in [0.15, 0.2) is 6.61 Å². The molecular weight excluding hydrogens is 380 g/mol. The van der Waals surface area contributed by atoms with Gasteiger partial charge in [-0.15, -0.1) is 0 Å². The van der Waals surface area contributed by atoms with Crippen molar-refractivity contribution in [1.29, 1.82) is 0 Å². The number of nitrogens with zero attached hydrogens (tertiary/aromatic N) is 1. The molecule has 154 valence electrons. The Morgan fingerprint density at radius 2 is 1.73 bits per heavy atom. The van der Waals surface area contributed by atoms with Crippen LogP contribution >= 0.6 is 0 Å². The molecule has 0 aromatic heterocycles. The van der Waals surface area contributed by atoms with E-state index in [2.05, 4.69) is 10.5 Å². The van der Waals surface area contributed by atoms with Crippen molar-refractivity contribution in [3.05, 3.63) is 77.9 Å². The molecule has 3 aromatic carbocycles. The monoisotopic (exact) mass is 404 g/mol. The van der Waals surface area contributed by atoms with Crippen LogP contribution in [0.3, 0.4) is 0 Å². The highest BCUT2D eigenvalue weighted by molar-refractivity contribution is 5.90. The van der Waals surface area contributed by atoms with Crippen LogP contribution in [0, 0.1) is 0 Å². The van der Waals surface area contributed by atoms with E-state index in [0.717, 1.165) is 21.9 Å². The van der Waals surface area contributed by atoms with Crippen molar-refractivity contribution in [2.24, 2.45) is 5.10 Å². The number of nitrogens with one attached hydrogen (secondary N) is 1. The molecule has 0 radical (unpaired) electrons. The zero-order valence-corrected chi connectivity index (χ0v) is 17.0. The second kappa shape index (κ2) is 10.2. The van der Waals surface area contributed by atoms with Gasteiger partial charge in [0.2, 0.25) is 5.91 Å². The topological polar surface area (TPSA) is 77.0 Å². The zero-order valence-electron chi connectivity index (χ0n) is 17.0. The average molecular weight is 404 g/mol. The number of fused-ring (bicyclic) bond motifs is 1. The molecule has 0 bridgehead atoms. The summed E-state index contributed by atoms with van der Waals surface area (Å²) in [7, 11) is 0. The molecule has 0 heterocycles. The molecule has 0 unspecified atom stereocenters. The standard InChI is InChI=1S/C24H24N2O4/c1-17(2)30-24(28)16-29-21-12-10-18(11-13-21)15-25-26-23(27)14-20-8-5-7-19-6-3-4-9-22(19)20/h3-13,15,17H,14,16H2,1-2H3,(H,26,27)/b25-15-. The minimum atomic E-state index is -0.412. The average Bonchev–Trinajstić information content (AvgIpc) is 2.73. The largest absolute Gasteiger partial charge is 0.482 e. The van der Waals surface area contributed by atoms with E-state index in [0.29, 0.717) is 5.75 Å². The fraction of sp³-hybridized carbons (Fsp3) is 0.208. The molecule has 0 aliphatic heterocycles. The summed E-state index contributed by atoms with van der Waals surface area (Å²) in [6.07, 6.45) is 1.63. The quantitative estimate of drug-likeness (QED) is 0.351. The summed E-state index contributed by atoms with van der Waals surface area (Å²) < 4.78 is 10.4. The van der Waals surface area contributed by atoms with Gasteiger partial charge in [-0.25, -0.2) is 10.2 Å². The fourth-order valence-corrected chi connectivity index (χ4v) is 2.93. The van der Waals surface area contributed by atoms with Gasteiger partial charge in [0, 0.05) is 0 Å². The van der Waals surface area contributed by atoms with Crippen LogP contribution in [0.2, 0.25) is 0 Å². The third kappa shape index (κ3) is 6.17. The minimum Gasteiger partial charge on any atom is -0.482 e. The van der Waals surface area contributed by atoms with Crippen molar-refractivity contribution in [1.82, 2.24) is 5.43 Å². The maximum atomic E-state index is 12.2. The van der Waals surface area contributed by atoms with E-state index in [-0.39, 0.29) is 25.0 Å². The van der Waals surface area contributed by atoms with E-state index in [1.807, 2.05) is 42.5 Å². The molecule has 1 N–H and O–H groups in total. The van der Waals surface area contributed by atoms with Crippen molar-refractivity contribution < 1.29 is 19.1 Å². The summed E-state index contributed by atoms with van der Waals surface area (Å²) in [6, 6.07) is 20.9. The zero-order chi connectivity index (χ0) is 21.3. The molecule has 30 heavy (non-hydrogen) atoms. The third-order valence-electron chi connectivity index (χ3n) is 4.24. The Labute approximate surface area is 175 Å². The molecule has 0 aliphatic rings. The van der Waals surface area contributed by atoms with E-state index >= 15 is 0 Å². The molecule has 0 fully saturated rings. The molecule has 0 atom stereocenters. The summed E-state index contributed by atoms with van der Waals surface area (Å²) in [5.74, 6) is -0.0522. The van der Waals surface area contributed by atoms with Gasteiger partial charge in [0.1, 0.15) is 5.75 Å². The molecule has 0 saturated carbocycles. The van der Waals surface area contributed by atoms with Gasteiger partial charge in [-0.3, -0.25) is 4.79 Å². The number of hydrogen-bond donors (Lipinski definition) is 1. The molecule has 3 rings (SSSR count). The Bertz CT molecular complexity index is 1040. The summed E-state index contributed by atoms with van der Waals surface area (Å²) in [4.78, 5) is 23.7. The van der Waals surface area contributed by atoms with Crippen molar-refractivity contribution in [2.75, 3.05) is 6.61 Å². The normalized spacial score (nSPS) is 11.0. The Hall–Kier alpha value is -3.67. The number of rotatable bonds is 8. The highest BCUT2D eigenvalue weighted by Gasteiger charge is 2.07. The number of esters is 1. The van der Waals surface area contributed by atoms with Gasteiger partial charge in [0.05, 0.1) is 18.7 Å². The molecule has 0 spiro atoms.